The molecule has 4 atom stereocenters. The number of hydrogen-bond acceptors (Lipinski definition) is 8. The zero-order chi connectivity index (χ0) is 30.4. The Kier molecular flexibility index (Phi) is 7.65. The molecule has 4 aliphatic heterocycles. The van der Waals surface area contributed by atoms with E-state index in [-0.39, 0.29) is 11.8 Å². The number of aliphatic hydroxyl groups is 2. The number of hydrogen-bond donors (Lipinski definition) is 2. The Bertz CT molecular complexity index is 1380. The fourth-order valence-corrected chi connectivity index (χ4v) is 6.28. The molecule has 0 saturated carbocycles. The quantitative estimate of drug-likeness (QED) is 0.556. The number of nitrogens with zero attached hydrogens (tertiary/aromatic N) is 4. The number of rotatable bonds is 2. The Morgan fingerprint density at radius 3 is 1.43 bits per heavy atom. The van der Waals surface area contributed by atoms with Crippen LogP contribution in [0.5, 0.6) is 11.5 Å². The van der Waals surface area contributed by atoms with Crippen molar-refractivity contribution in [3.63, 3.8) is 0 Å². The standard InChI is InChI=1S/2C16H18N2O3/c2*1-16(2)15(20)14(18-7-3-4-13(18)19)11-8-10(9-17)5-6-12(11)21-16/h2*5-6,8,14-15,20H,3-4,7H2,1-2H3. The monoisotopic (exact) mass is 572 g/mol. The molecule has 42 heavy (non-hydrogen) atoms. The molecule has 2 N–H and O–H groups in total. The van der Waals surface area contributed by atoms with Crippen molar-refractivity contribution in [2.24, 2.45) is 0 Å². The Labute approximate surface area is 245 Å². The molecule has 2 aromatic rings. The van der Waals surface area contributed by atoms with Crippen molar-refractivity contribution in [2.75, 3.05) is 13.1 Å². The maximum atomic E-state index is 12.1. The van der Waals surface area contributed by atoms with Crippen molar-refractivity contribution < 1.29 is 29.3 Å². The van der Waals surface area contributed by atoms with Gasteiger partial charge in [0.2, 0.25) is 11.8 Å². The molecule has 4 heterocycles. The van der Waals surface area contributed by atoms with E-state index in [0.29, 0.717) is 48.6 Å². The average Bonchev–Trinajstić information content (AvgIpc) is 3.57. The summed E-state index contributed by atoms with van der Waals surface area (Å²) < 4.78 is 11.7. The van der Waals surface area contributed by atoms with Gasteiger partial charge in [-0.2, -0.15) is 10.5 Å². The molecule has 10 nitrogen and oxygen atoms in total. The van der Waals surface area contributed by atoms with E-state index in [9.17, 15) is 19.8 Å². The third-order valence-corrected chi connectivity index (χ3v) is 8.58. The normalized spacial score (nSPS) is 27.0. The zero-order valence-corrected chi connectivity index (χ0v) is 24.3. The number of amides is 2. The highest BCUT2D eigenvalue weighted by Gasteiger charge is 2.48. The lowest BCUT2D eigenvalue weighted by atomic mass is 9.85. The Morgan fingerprint density at radius 1 is 0.738 bits per heavy atom. The molecule has 2 aromatic carbocycles. The van der Waals surface area contributed by atoms with Crippen LogP contribution in [-0.2, 0) is 9.59 Å². The number of aliphatic hydroxyl groups excluding tert-OH is 2. The number of likely N-dealkylation sites (tertiary alicyclic amines) is 2. The number of ether oxygens (including phenoxy) is 2. The molecule has 220 valence electrons. The van der Waals surface area contributed by atoms with E-state index in [2.05, 4.69) is 12.1 Å². The van der Waals surface area contributed by atoms with Crippen molar-refractivity contribution in [1.82, 2.24) is 9.80 Å². The third kappa shape index (κ3) is 5.17. The number of carbonyl (C=O) groups is 2. The Balaban J connectivity index is 0.000000168. The second-order valence-electron chi connectivity index (χ2n) is 12.3. The van der Waals surface area contributed by atoms with Gasteiger partial charge in [-0.1, -0.05) is 0 Å². The number of fused-ring (bicyclic) bond motifs is 2. The first-order valence-electron chi connectivity index (χ1n) is 14.3. The number of benzene rings is 2. The average molecular weight is 573 g/mol. The predicted molar refractivity (Wildman–Crippen MR) is 151 cm³/mol. The first-order chi connectivity index (χ1) is 19.9. The van der Waals surface area contributed by atoms with Crippen LogP contribution in [0.3, 0.4) is 0 Å². The van der Waals surface area contributed by atoms with E-state index in [1.54, 1.807) is 46.2 Å². The lowest BCUT2D eigenvalue weighted by Gasteiger charge is -2.45. The fourth-order valence-electron chi connectivity index (χ4n) is 6.28. The summed E-state index contributed by atoms with van der Waals surface area (Å²) in [6.07, 6.45) is 0.963. The van der Waals surface area contributed by atoms with Crippen molar-refractivity contribution in [3.8, 4) is 23.6 Å². The van der Waals surface area contributed by atoms with Crippen LogP contribution in [0.2, 0.25) is 0 Å². The molecule has 2 saturated heterocycles. The molecule has 4 aliphatic rings. The highest BCUT2D eigenvalue weighted by atomic mass is 16.5. The van der Waals surface area contributed by atoms with E-state index >= 15 is 0 Å². The Hall–Kier alpha value is -4.12. The minimum absolute atomic E-state index is 0.0464. The molecule has 4 unspecified atom stereocenters. The van der Waals surface area contributed by atoms with Crippen LogP contribution in [0.1, 0.15) is 87.7 Å². The smallest absolute Gasteiger partial charge is 0.223 e. The van der Waals surface area contributed by atoms with E-state index in [4.69, 9.17) is 20.0 Å². The van der Waals surface area contributed by atoms with Crippen molar-refractivity contribution >= 4 is 11.8 Å². The van der Waals surface area contributed by atoms with Crippen LogP contribution in [0.25, 0.3) is 0 Å². The van der Waals surface area contributed by atoms with Gasteiger partial charge in [0, 0.05) is 37.1 Å². The van der Waals surface area contributed by atoms with Gasteiger partial charge in [0.05, 0.1) is 35.3 Å². The van der Waals surface area contributed by atoms with E-state index in [0.717, 1.165) is 24.0 Å². The number of carbonyl (C=O) groups excluding carboxylic acids is 2. The topological polar surface area (TPSA) is 147 Å². The van der Waals surface area contributed by atoms with Crippen molar-refractivity contribution in [2.45, 2.75) is 88.9 Å². The molecule has 2 fully saturated rings. The summed E-state index contributed by atoms with van der Waals surface area (Å²) in [5.41, 5.74) is 0.873. The van der Waals surface area contributed by atoms with Crippen LogP contribution < -0.4 is 9.47 Å². The maximum Gasteiger partial charge on any atom is 0.223 e. The molecule has 0 aliphatic carbocycles. The summed E-state index contributed by atoms with van der Waals surface area (Å²) in [6, 6.07) is 13.6. The summed E-state index contributed by atoms with van der Waals surface area (Å²) in [5.74, 6) is 1.36. The molecule has 10 heteroatoms. The van der Waals surface area contributed by atoms with Crippen LogP contribution in [-0.4, -0.2) is 68.3 Å². The van der Waals surface area contributed by atoms with E-state index in [1.165, 1.54) is 0 Å². The first-order valence-corrected chi connectivity index (χ1v) is 14.3. The maximum absolute atomic E-state index is 12.1. The van der Waals surface area contributed by atoms with Gasteiger partial charge in [0.25, 0.3) is 0 Å². The van der Waals surface area contributed by atoms with Gasteiger partial charge in [-0.05, 0) is 76.9 Å². The molecule has 6 rings (SSSR count). The second-order valence-corrected chi connectivity index (χ2v) is 12.3. The van der Waals surface area contributed by atoms with Gasteiger partial charge in [-0.25, -0.2) is 0 Å². The highest BCUT2D eigenvalue weighted by Crippen LogP contribution is 2.45. The second kappa shape index (κ2) is 10.9. The third-order valence-electron chi connectivity index (χ3n) is 8.58. The molecule has 0 bridgehead atoms. The molecule has 0 spiro atoms. The lowest BCUT2D eigenvalue weighted by Crippen LogP contribution is -2.53. The van der Waals surface area contributed by atoms with Crippen molar-refractivity contribution in [3.05, 3.63) is 58.7 Å². The van der Waals surface area contributed by atoms with Crippen LogP contribution in [0, 0.1) is 22.7 Å². The van der Waals surface area contributed by atoms with E-state index < -0.39 is 35.5 Å². The molecule has 2 amide bonds. The summed E-state index contributed by atoms with van der Waals surface area (Å²) in [7, 11) is 0. The lowest BCUT2D eigenvalue weighted by molar-refractivity contribution is -0.140. The van der Waals surface area contributed by atoms with Gasteiger partial charge in [-0.3, -0.25) is 9.59 Å². The minimum atomic E-state index is -0.832. The van der Waals surface area contributed by atoms with Gasteiger partial charge >= 0.3 is 0 Å². The van der Waals surface area contributed by atoms with Crippen LogP contribution in [0.4, 0.5) is 0 Å². The Morgan fingerprint density at radius 2 is 1.12 bits per heavy atom. The predicted octanol–water partition coefficient (Wildman–Crippen LogP) is 3.51. The molecule has 0 radical (unpaired) electrons. The summed E-state index contributed by atoms with van der Waals surface area (Å²) in [5, 5.41) is 39.5. The molecular weight excluding hydrogens is 536 g/mol. The fraction of sp³-hybridized carbons (Fsp3) is 0.500. The zero-order valence-electron chi connectivity index (χ0n) is 24.3. The van der Waals surface area contributed by atoms with Crippen molar-refractivity contribution in [1.29, 1.82) is 10.5 Å². The largest absolute Gasteiger partial charge is 0.485 e. The van der Waals surface area contributed by atoms with Gasteiger partial charge in [0.15, 0.2) is 0 Å². The number of nitriles is 2. The first kappa shape index (κ1) is 29.4. The highest BCUT2D eigenvalue weighted by molar-refractivity contribution is 5.79. The van der Waals surface area contributed by atoms with Crippen LogP contribution in [0.15, 0.2) is 36.4 Å². The van der Waals surface area contributed by atoms with E-state index in [1.807, 2.05) is 27.7 Å². The molecular formula is C32H36N4O6. The van der Waals surface area contributed by atoms with Gasteiger partial charge < -0.3 is 29.5 Å². The van der Waals surface area contributed by atoms with Gasteiger partial charge in [-0.15, -0.1) is 0 Å². The summed E-state index contributed by atoms with van der Waals surface area (Å²) >= 11 is 0. The molecule has 0 aromatic heterocycles. The summed E-state index contributed by atoms with van der Waals surface area (Å²) in [4.78, 5) is 27.6. The SMILES string of the molecule is CC1(C)Oc2ccc(C#N)cc2C(N2CCCC2=O)C1O.CC1(C)Oc2ccc(C#N)cc2C(N2CCCC2=O)C1O. The minimum Gasteiger partial charge on any atom is -0.485 e. The van der Waals surface area contributed by atoms with Crippen LogP contribution >= 0.6 is 0 Å². The van der Waals surface area contributed by atoms with Gasteiger partial charge in [0.1, 0.15) is 34.9 Å². The summed E-state index contributed by atoms with van der Waals surface area (Å²) in [6.45, 7) is 8.51.